The molecule has 1 N–H and O–H groups in total. The number of carbonyl (C=O) groups is 1. The molecule has 6 heteroatoms. The van der Waals surface area contributed by atoms with Crippen molar-refractivity contribution in [2.24, 2.45) is 0 Å². The zero-order valence-corrected chi connectivity index (χ0v) is 11.1. The molecule has 0 atom stereocenters. The van der Waals surface area contributed by atoms with Crippen LogP contribution in [-0.4, -0.2) is 21.0 Å². The highest BCUT2D eigenvalue weighted by Crippen LogP contribution is 2.27. The number of aromatic nitrogens is 2. The predicted octanol–water partition coefficient (Wildman–Crippen LogP) is 3.21. The van der Waals surface area contributed by atoms with Crippen LogP contribution in [0, 0.1) is 0 Å². The Labute approximate surface area is 118 Å². The molecule has 20 heavy (non-hydrogen) atoms. The molecule has 0 fully saturated rings. The fraction of sp³-hybridized carbons (Fsp3) is 0.0714. The van der Waals surface area contributed by atoms with Gasteiger partial charge in [-0.15, -0.1) is 0 Å². The summed E-state index contributed by atoms with van der Waals surface area (Å²) in [5.74, 6) is 0.569. The zero-order valence-electron chi connectivity index (χ0n) is 10.3. The maximum absolute atomic E-state index is 10.9. The summed E-state index contributed by atoms with van der Waals surface area (Å²) in [4.78, 5) is 19.3. The molecular weight excluding hydrogens is 276 g/mol. The summed E-state index contributed by atoms with van der Waals surface area (Å²) in [5.41, 5.74) is 0.847. The number of rotatable bonds is 4. The minimum absolute atomic E-state index is 0.221. The van der Waals surface area contributed by atoms with Crippen LogP contribution in [0.3, 0.4) is 0 Å². The largest absolute Gasteiger partial charge is 0.478 e. The second-order valence-electron chi connectivity index (χ2n) is 4.08. The molecule has 0 amide bonds. The van der Waals surface area contributed by atoms with E-state index < -0.39 is 5.97 Å². The van der Waals surface area contributed by atoms with Crippen LogP contribution in [-0.2, 0) is 5.75 Å². The van der Waals surface area contributed by atoms with Crippen LogP contribution >= 0.6 is 11.8 Å². The molecular formula is C14H10N2O3S. The lowest BCUT2D eigenvalue weighted by Gasteiger charge is -2.04. The van der Waals surface area contributed by atoms with Gasteiger partial charge in [0.2, 0.25) is 0 Å². The number of carboxylic acid groups (broad SMARTS) is 1. The van der Waals surface area contributed by atoms with Crippen LogP contribution in [0.1, 0.15) is 16.1 Å². The summed E-state index contributed by atoms with van der Waals surface area (Å²) in [6, 6.07) is 8.59. The Bertz CT molecular complexity index is 756. The third-order valence-electron chi connectivity index (χ3n) is 2.78. The molecule has 0 saturated heterocycles. The molecule has 0 bridgehead atoms. The van der Waals surface area contributed by atoms with Gasteiger partial charge in [0.05, 0.1) is 23.1 Å². The second-order valence-corrected chi connectivity index (χ2v) is 5.05. The molecule has 100 valence electrons. The van der Waals surface area contributed by atoms with Crippen LogP contribution in [0.15, 0.2) is 52.4 Å². The van der Waals surface area contributed by atoms with Crippen LogP contribution in [0.25, 0.3) is 10.9 Å². The second kappa shape index (κ2) is 5.34. The predicted molar refractivity (Wildman–Crippen MR) is 74.8 cm³/mol. The molecule has 3 rings (SSSR count). The first-order valence-electron chi connectivity index (χ1n) is 5.87. The van der Waals surface area contributed by atoms with Crippen molar-refractivity contribution in [2.75, 3.05) is 0 Å². The molecule has 0 aliphatic rings. The number of furan rings is 1. The van der Waals surface area contributed by atoms with Crippen molar-refractivity contribution in [2.45, 2.75) is 10.8 Å². The topological polar surface area (TPSA) is 76.2 Å². The van der Waals surface area contributed by atoms with Crippen molar-refractivity contribution in [1.82, 2.24) is 9.97 Å². The average molecular weight is 286 g/mol. The minimum Gasteiger partial charge on any atom is -0.478 e. The highest BCUT2D eigenvalue weighted by Gasteiger charge is 2.09. The van der Waals surface area contributed by atoms with E-state index in [-0.39, 0.29) is 5.56 Å². The first-order chi connectivity index (χ1) is 9.74. The molecule has 5 nitrogen and oxygen atoms in total. The van der Waals surface area contributed by atoms with E-state index in [0.717, 1.165) is 16.2 Å². The Hall–Kier alpha value is -2.34. The molecule has 1 aromatic carbocycles. The summed E-state index contributed by atoms with van der Waals surface area (Å²) in [6.07, 6.45) is 3.07. The Morgan fingerprint density at radius 1 is 1.30 bits per heavy atom. The average Bonchev–Trinajstić information content (AvgIpc) is 2.97. The number of benzene rings is 1. The van der Waals surface area contributed by atoms with E-state index in [9.17, 15) is 4.79 Å². The molecule has 0 spiro atoms. The monoisotopic (exact) mass is 286 g/mol. The number of hydrogen-bond acceptors (Lipinski definition) is 5. The van der Waals surface area contributed by atoms with Crippen LogP contribution in [0.2, 0.25) is 0 Å². The third kappa shape index (κ3) is 2.50. The van der Waals surface area contributed by atoms with Crippen LogP contribution < -0.4 is 0 Å². The lowest BCUT2D eigenvalue weighted by Crippen LogP contribution is -1.97. The summed E-state index contributed by atoms with van der Waals surface area (Å²) < 4.78 is 5.28. The highest BCUT2D eigenvalue weighted by molar-refractivity contribution is 7.98. The lowest BCUT2D eigenvalue weighted by molar-refractivity contribution is 0.0697. The van der Waals surface area contributed by atoms with Gasteiger partial charge in [0.1, 0.15) is 17.1 Å². The molecule has 0 radical (unpaired) electrons. The standard InChI is InChI=1S/C14H10N2O3S/c17-14(18)9-3-4-11-12(6-9)15-8-16-13(11)20-7-10-2-1-5-19-10/h1-6,8H,7H2,(H,17,18). The number of carboxylic acids is 1. The van der Waals surface area contributed by atoms with E-state index in [1.54, 1.807) is 24.5 Å². The zero-order chi connectivity index (χ0) is 13.9. The number of hydrogen-bond donors (Lipinski definition) is 1. The maximum Gasteiger partial charge on any atom is 0.335 e. The summed E-state index contributed by atoms with van der Waals surface area (Å²) >= 11 is 1.53. The highest BCUT2D eigenvalue weighted by atomic mass is 32.2. The molecule has 0 unspecified atom stereocenters. The van der Waals surface area contributed by atoms with Gasteiger partial charge in [-0.2, -0.15) is 0 Å². The van der Waals surface area contributed by atoms with Gasteiger partial charge < -0.3 is 9.52 Å². The van der Waals surface area contributed by atoms with E-state index in [2.05, 4.69) is 9.97 Å². The van der Waals surface area contributed by atoms with Crippen LogP contribution in [0.5, 0.6) is 0 Å². The molecule has 3 aromatic rings. The normalized spacial score (nSPS) is 10.8. The Morgan fingerprint density at radius 3 is 2.95 bits per heavy atom. The Kier molecular flexibility index (Phi) is 3.39. The van der Waals surface area contributed by atoms with Gasteiger partial charge in [0.25, 0.3) is 0 Å². The number of aromatic carboxylic acids is 1. The van der Waals surface area contributed by atoms with Gasteiger partial charge in [-0.1, -0.05) is 11.8 Å². The van der Waals surface area contributed by atoms with Crippen molar-refractivity contribution in [1.29, 1.82) is 0 Å². The Morgan fingerprint density at radius 2 is 2.20 bits per heavy atom. The van der Waals surface area contributed by atoms with Crippen LogP contribution in [0.4, 0.5) is 0 Å². The van der Waals surface area contributed by atoms with Gasteiger partial charge in [-0.3, -0.25) is 0 Å². The maximum atomic E-state index is 10.9. The SMILES string of the molecule is O=C(O)c1ccc2c(SCc3ccco3)ncnc2c1. The first kappa shape index (κ1) is 12.7. The van der Waals surface area contributed by atoms with Gasteiger partial charge in [-0.25, -0.2) is 14.8 Å². The molecule has 0 aliphatic carbocycles. The van der Waals surface area contributed by atoms with Crippen molar-refractivity contribution in [3.8, 4) is 0 Å². The Balaban J connectivity index is 1.93. The number of fused-ring (bicyclic) bond motifs is 1. The van der Waals surface area contributed by atoms with E-state index in [0.29, 0.717) is 11.3 Å². The summed E-state index contributed by atoms with van der Waals surface area (Å²) in [7, 11) is 0. The van der Waals surface area contributed by atoms with E-state index in [4.69, 9.17) is 9.52 Å². The van der Waals surface area contributed by atoms with Crippen molar-refractivity contribution >= 4 is 28.6 Å². The summed E-state index contributed by atoms with van der Waals surface area (Å²) in [6.45, 7) is 0. The minimum atomic E-state index is -0.963. The first-order valence-corrected chi connectivity index (χ1v) is 6.86. The van der Waals surface area contributed by atoms with Gasteiger partial charge >= 0.3 is 5.97 Å². The molecule has 2 heterocycles. The third-order valence-corrected chi connectivity index (χ3v) is 3.81. The van der Waals surface area contributed by atoms with Crippen molar-refractivity contribution in [3.05, 3.63) is 54.2 Å². The van der Waals surface area contributed by atoms with Gasteiger partial charge in [0, 0.05) is 5.39 Å². The fourth-order valence-corrected chi connectivity index (χ4v) is 2.71. The molecule has 0 saturated carbocycles. The number of nitrogens with zero attached hydrogens (tertiary/aromatic N) is 2. The quantitative estimate of drug-likeness (QED) is 0.586. The molecule has 2 aromatic heterocycles. The van der Waals surface area contributed by atoms with Crippen molar-refractivity contribution in [3.63, 3.8) is 0 Å². The van der Waals surface area contributed by atoms with E-state index in [1.165, 1.54) is 18.1 Å². The smallest absolute Gasteiger partial charge is 0.335 e. The van der Waals surface area contributed by atoms with E-state index >= 15 is 0 Å². The van der Waals surface area contributed by atoms with Gasteiger partial charge in [-0.05, 0) is 30.3 Å². The number of thioether (sulfide) groups is 1. The summed E-state index contributed by atoms with van der Waals surface area (Å²) in [5, 5.41) is 10.6. The lowest BCUT2D eigenvalue weighted by atomic mass is 10.1. The molecule has 0 aliphatic heterocycles. The van der Waals surface area contributed by atoms with Gasteiger partial charge in [0.15, 0.2) is 0 Å². The van der Waals surface area contributed by atoms with Crippen molar-refractivity contribution < 1.29 is 14.3 Å². The fourth-order valence-electron chi connectivity index (χ4n) is 1.81. The van der Waals surface area contributed by atoms with E-state index in [1.807, 2.05) is 12.1 Å².